The van der Waals surface area contributed by atoms with Crippen molar-refractivity contribution in [1.29, 1.82) is 5.26 Å². The summed E-state index contributed by atoms with van der Waals surface area (Å²) < 4.78 is 24.0. The Labute approximate surface area is 112 Å². The molecule has 0 spiro atoms. The van der Waals surface area contributed by atoms with Crippen LogP contribution in [0, 0.1) is 11.3 Å². The minimum absolute atomic E-state index is 0.375. The Hall–Kier alpha value is -1.29. The van der Waals surface area contributed by atoms with Gasteiger partial charge in [0.2, 0.25) is 10.0 Å². The van der Waals surface area contributed by atoms with Crippen LogP contribution in [0.25, 0.3) is 0 Å². The van der Waals surface area contributed by atoms with Crippen molar-refractivity contribution in [1.82, 2.24) is 4.72 Å². The van der Waals surface area contributed by atoms with E-state index in [1.165, 1.54) is 0 Å². The molecule has 0 unspecified atom stereocenters. The Morgan fingerprint density at radius 3 is 2.67 bits per heavy atom. The zero-order valence-electron chi connectivity index (χ0n) is 9.90. The lowest BCUT2D eigenvalue weighted by molar-refractivity contribution is 0.586. The van der Waals surface area contributed by atoms with Crippen molar-refractivity contribution in [3.05, 3.63) is 28.8 Å². The van der Waals surface area contributed by atoms with Gasteiger partial charge in [-0.15, -0.1) is 0 Å². The SMILES string of the molecule is CS(=O)(=O)NCCCNc1ccc(C#N)cc1Cl. The molecule has 0 fully saturated rings. The fourth-order valence-electron chi connectivity index (χ4n) is 1.30. The number of anilines is 1. The summed E-state index contributed by atoms with van der Waals surface area (Å²) in [5.74, 6) is 0. The molecule has 1 aromatic rings. The van der Waals surface area contributed by atoms with Crippen molar-refractivity contribution < 1.29 is 8.42 Å². The molecule has 98 valence electrons. The molecule has 0 atom stereocenters. The van der Waals surface area contributed by atoms with Crippen LogP contribution in [0.2, 0.25) is 5.02 Å². The Kier molecular flexibility index (Phi) is 5.41. The molecule has 7 heteroatoms. The number of nitrogens with zero attached hydrogens (tertiary/aromatic N) is 1. The van der Waals surface area contributed by atoms with E-state index in [-0.39, 0.29) is 0 Å². The van der Waals surface area contributed by atoms with Gasteiger partial charge in [-0.05, 0) is 24.6 Å². The fourth-order valence-corrected chi connectivity index (χ4v) is 2.06. The molecule has 2 N–H and O–H groups in total. The maximum Gasteiger partial charge on any atom is 0.208 e. The van der Waals surface area contributed by atoms with Gasteiger partial charge in [0.25, 0.3) is 0 Å². The Balaban J connectivity index is 2.39. The predicted molar refractivity (Wildman–Crippen MR) is 72.1 cm³/mol. The van der Waals surface area contributed by atoms with Crippen LogP contribution in [0.5, 0.6) is 0 Å². The largest absolute Gasteiger partial charge is 0.384 e. The maximum atomic E-state index is 10.8. The van der Waals surface area contributed by atoms with Crippen molar-refractivity contribution in [2.24, 2.45) is 0 Å². The topological polar surface area (TPSA) is 82.0 Å². The second-order valence-electron chi connectivity index (χ2n) is 3.75. The zero-order valence-corrected chi connectivity index (χ0v) is 11.5. The zero-order chi connectivity index (χ0) is 13.6. The molecule has 0 amide bonds. The third-order valence-electron chi connectivity index (χ3n) is 2.13. The van der Waals surface area contributed by atoms with Crippen molar-refractivity contribution in [2.75, 3.05) is 24.7 Å². The molecule has 18 heavy (non-hydrogen) atoms. The molecule has 0 aromatic heterocycles. The van der Waals surface area contributed by atoms with Gasteiger partial charge in [-0.25, -0.2) is 13.1 Å². The third-order valence-corrected chi connectivity index (χ3v) is 3.17. The lowest BCUT2D eigenvalue weighted by Gasteiger charge is -2.08. The monoisotopic (exact) mass is 287 g/mol. The van der Waals surface area contributed by atoms with Crippen LogP contribution in [0.15, 0.2) is 18.2 Å². The standard InChI is InChI=1S/C11H14ClN3O2S/c1-18(16,17)15-6-2-5-14-11-4-3-9(8-13)7-10(11)12/h3-4,7,14-15H,2,5-6H2,1H3. The molecule has 0 aliphatic carbocycles. The van der Waals surface area contributed by atoms with Gasteiger partial charge < -0.3 is 5.32 Å². The molecule has 1 aromatic carbocycles. The first-order chi connectivity index (χ1) is 8.42. The number of sulfonamides is 1. The molecular weight excluding hydrogens is 274 g/mol. The van der Waals surface area contributed by atoms with E-state index in [4.69, 9.17) is 16.9 Å². The highest BCUT2D eigenvalue weighted by atomic mass is 35.5. The Morgan fingerprint density at radius 2 is 2.11 bits per heavy atom. The minimum Gasteiger partial charge on any atom is -0.384 e. The first-order valence-electron chi connectivity index (χ1n) is 5.30. The third kappa shape index (κ3) is 5.36. The molecule has 0 heterocycles. The van der Waals surface area contributed by atoms with Gasteiger partial charge in [-0.2, -0.15) is 5.26 Å². The predicted octanol–water partition coefficient (Wildman–Crippen LogP) is 1.56. The summed E-state index contributed by atoms with van der Waals surface area (Å²) in [6.45, 7) is 0.966. The average molecular weight is 288 g/mol. The molecule has 0 radical (unpaired) electrons. The number of halogens is 1. The highest BCUT2D eigenvalue weighted by Crippen LogP contribution is 2.22. The van der Waals surface area contributed by atoms with Gasteiger partial charge in [0.1, 0.15) is 0 Å². The molecule has 0 saturated heterocycles. The van der Waals surface area contributed by atoms with Gasteiger partial charge in [0.15, 0.2) is 0 Å². The van der Waals surface area contributed by atoms with E-state index in [1.54, 1.807) is 18.2 Å². The number of hydrogen-bond donors (Lipinski definition) is 2. The van der Waals surface area contributed by atoms with E-state index >= 15 is 0 Å². The van der Waals surface area contributed by atoms with E-state index in [2.05, 4.69) is 10.0 Å². The lowest BCUT2D eigenvalue weighted by Crippen LogP contribution is -2.24. The van der Waals surface area contributed by atoms with Crippen LogP contribution >= 0.6 is 11.6 Å². The minimum atomic E-state index is -3.13. The molecule has 0 saturated carbocycles. The van der Waals surface area contributed by atoms with E-state index in [9.17, 15) is 8.42 Å². The number of nitriles is 1. The number of hydrogen-bond acceptors (Lipinski definition) is 4. The van der Waals surface area contributed by atoms with E-state index in [1.807, 2.05) is 6.07 Å². The Bertz CT molecular complexity index is 552. The first kappa shape index (κ1) is 14.8. The number of rotatable bonds is 6. The van der Waals surface area contributed by atoms with Gasteiger partial charge >= 0.3 is 0 Å². The summed E-state index contributed by atoms with van der Waals surface area (Å²) in [5, 5.41) is 12.2. The van der Waals surface area contributed by atoms with Crippen LogP contribution in [0.3, 0.4) is 0 Å². The van der Waals surface area contributed by atoms with Crippen molar-refractivity contribution in [2.45, 2.75) is 6.42 Å². The molecule has 0 aliphatic rings. The fraction of sp³-hybridized carbons (Fsp3) is 0.364. The van der Waals surface area contributed by atoms with Gasteiger partial charge in [-0.1, -0.05) is 11.6 Å². The molecule has 5 nitrogen and oxygen atoms in total. The van der Waals surface area contributed by atoms with Crippen LogP contribution in [-0.2, 0) is 10.0 Å². The normalized spacial score (nSPS) is 10.9. The van der Waals surface area contributed by atoms with Crippen LogP contribution < -0.4 is 10.0 Å². The second kappa shape index (κ2) is 6.59. The number of nitrogens with one attached hydrogen (secondary N) is 2. The summed E-state index contributed by atoms with van der Waals surface area (Å²) in [5.41, 5.74) is 1.24. The van der Waals surface area contributed by atoms with Crippen molar-refractivity contribution >= 4 is 27.3 Å². The van der Waals surface area contributed by atoms with Gasteiger partial charge in [0.05, 0.1) is 28.6 Å². The highest BCUT2D eigenvalue weighted by Gasteiger charge is 2.02. The van der Waals surface area contributed by atoms with Crippen LogP contribution in [0.1, 0.15) is 12.0 Å². The van der Waals surface area contributed by atoms with E-state index in [0.29, 0.717) is 30.1 Å². The lowest BCUT2D eigenvalue weighted by atomic mass is 10.2. The highest BCUT2D eigenvalue weighted by molar-refractivity contribution is 7.88. The van der Waals surface area contributed by atoms with Crippen LogP contribution in [-0.4, -0.2) is 27.8 Å². The van der Waals surface area contributed by atoms with Gasteiger partial charge in [-0.3, -0.25) is 0 Å². The summed E-state index contributed by atoms with van der Waals surface area (Å²) in [6.07, 6.45) is 1.77. The molecule has 0 bridgehead atoms. The molecular formula is C11H14ClN3O2S. The first-order valence-corrected chi connectivity index (χ1v) is 7.57. The second-order valence-corrected chi connectivity index (χ2v) is 5.99. The Morgan fingerprint density at radius 1 is 1.39 bits per heavy atom. The smallest absolute Gasteiger partial charge is 0.208 e. The summed E-state index contributed by atoms with van der Waals surface area (Å²) >= 11 is 5.97. The summed E-state index contributed by atoms with van der Waals surface area (Å²) in [6, 6.07) is 6.98. The van der Waals surface area contributed by atoms with Crippen molar-refractivity contribution in [3.63, 3.8) is 0 Å². The quantitative estimate of drug-likeness (QED) is 0.778. The summed E-state index contributed by atoms with van der Waals surface area (Å²) in [4.78, 5) is 0. The maximum absolute atomic E-state index is 10.8. The van der Waals surface area contributed by atoms with Crippen LogP contribution in [0.4, 0.5) is 5.69 Å². The van der Waals surface area contributed by atoms with Crippen molar-refractivity contribution in [3.8, 4) is 6.07 Å². The van der Waals surface area contributed by atoms with Gasteiger partial charge in [0, 0.05) is 13.1 Å². The van der Waals surface area contributed by atoms with E-state index in [0.717, 1.165) is 11.9 Å². The van der Waals surface area contributed by atoms with E-state index < -0.39 is 10.0 Å². The average Bonchev–Trinajstić information content (AvgIpc) is 2.29. The summed E-state index contributed by atoms with van der Waals surface area (Å²) in [7, 11) is -3.13. The number of benzene rings is 1. The molecule has 1 rings (SSSR count). The molecule has 0 aliphatic heterocycles.